The van der Waals surface area contributed by atoms with Gasteiger partial charge in [0.05, 0.1) is 0 Å². The van der Waals surface area contributed by atoms with Crippen molar-refractivity contribution in [1.29, 1.82) is 0 Å². The summed E-state index contributed by atoms with van der Waals surface area (Å²) in [6.45, 7) is 9.91. The van der Waals surface area contributed by atoms with E-state index in [9.17, 15) is 4.79 Å². The molecule has 1 rings (SSSR count). The fourth-order valence-corrected chi connectivity index (χ4v) is 1.13. The molecule has 1 aliphatic heterocycles. The van der Waals surface area contributed by atoms with Crippen LogP contribution in [0.1, 0.15) is 27.7 Å². The Labute approximate surface area is 96.6 Å². The number of carbonyl (C=O) groups is 1. The van der Waals surface area contributed by atoms with Crippen molar-refractivity contribution in [2.24, 2.45) is 0 Å². The molecule has 1 heterocycles. The molecule has 1 saturated heterocycles. The lowest BCUT2D eigenvalue weighted by atomic mass is 10.2. The van der Waals surface area contributed by atoms with Crippen LogP contribution in [-0.4, -0.2) is 46.6 Å². The first-order valence-corrected chi connectivity index (χ1v) is 5.49. The zero-order chi connectivity index (χ0) is 12.1. The van der Waals surface area contributed by atoms with Crippen LogP contribution >= 0.6 is 11.6 Å². The molecule has 4 nitrogen and oxygen atoms in total. The van der Waals surface area contributed by atoms with Crippen LogP contribution in [0.25, 0.3) is 0 Å². The van der Waals surface area contributed by atoms with Gasteiger partial charge in [0.15, 0.2) is 0 Å². The van der Waals surface area contributed by atoms with Crippen LogP contribution in [0.5, 0.6) is 0 Å². The van der Waals surface area contributed by atoms with E-state index in [0.717, 1.165) is 13.1 Å². The molecule has 0 saturated carbocycles. The van der Waals surface area contributed by atoms with E-state index < -0.39 is 6.09 Å². The number of piperazine rings is 1. The van der Waals surface area contributed by atoms with Gasteiger partial charge < -0.3 is 15.3 Å². The van der Waals surface area contributed by atoms with Crippen molar-refractivity contribution in [3.8, 4) is 0 Å². The molecule has 1 amide bonds. The lowest BCUT2D eigenvalue weighted by Gasteiger charge is -2.31. The minimum atomic E-state index is -0.811. The SMILES string of the molecule is CC(C)(C)Cl.C[C@H]1CNCCN1C(=O)O. The third kappa shape index (κ3) is 8.51. The third-order valence-electron chi connectivity index (χ3n) is 1.75. The molecule has 1 fully saturated rings. The lowest BCUT2D eigenvalue weighted by Crippen LogP contribution is -2.51. The van der Waals surface area contributed by atoms with Gasteiger partial charge in [0.25, 0.3) is 0 Å². The van der Waals surface area contributed by atoms with E-state index in [-0.39, 0.29) is 10.9 Å². The third-order valence-corrected chi connectivity index (χ3v) is 1.75. The van der Waals surface area contributed by atoms with Crippen LogP contribution in [0.3, 0.4) is 0 Å². The van der Waals surface area contributed by atoms with Crippen LogP contribution in [-0.2, 0) is 0 Å². The molecule has 90 valence electrons. The molecule has 0 radical (unpaired) electrons. The summed E-state index contributed by atoms with van der Waals surface area (Å²) in [5.41, 5.74) is 0. The summed E-state index contributed by atoms with van der Waals surface area (Å²) in [5.74, 6) is 0. The second-order valence-corrected chi connectivity index (χ2v) is 5.73. The molecule has 1 aliphatic rings. The summed E-state index contributed by atoms with van der Waals surface area (Å²) >= 11 is 5.53. The maximum Gasteiger partial charge on any atom is 0.407 e. The Morgan fingerprint density at radius 1 is 1.53 bits per heavy atom. The van der Waals surface area contributed by atoms with E-state index in [1.54, 1.807) is 0 Å². The number of nitrogens with zero attached hydrogens (tertiary/aromatic N) is 1. The van der Waals surface area contributed by atoms with Crippen LogP contribution < -0.4 is 5.32 Å². The number of hydrogen-bond acceptors (Lipinski definition) is 2. The van der Waals surface area contributed by atoms with Gasteiger partial charge in [0, 0.05) is 30.6 Å². The molecule has 0 spiro atoms. The van der Waals surface area contributed by atoms with Crippen molar-refractivity contribution < 1.29 is 9.90 Å². The van der Waals surface area contributed by atoms with E-state index in [0.29, 0.717) is 6.54 Å². The van der Waals surface area contributed by atoms with E-state index >= 15 is 0 Å². The van der Waals surface area contributed by atoms with Gasteiger partial charge >= 0.3 is 6.09 Å². The standard InChI is InChI=1S/C6H12N2O2.C4H9Cl/c1-5-4-7-2-3-8(5)6(9)10;1-4(2,3)5/h5,7H,2-4H2,1H3,(H,9,10);1-3H3/t5-;/m0./s1. The Hall–Kier alpha value is -0.480. The van der Waals surface area contributed by atoms with Crippen molar-refractivity contribution in [3.63, 3.8) is 0 Å². The molecule has 0 aromatic carbocycles. The molecular formula is C10H21ClN2O2. The zero-order valence-electron chi connectivity index (χ0n) is 9.88. The van der Waals surface area contributed by atoms with Crippen LogP contribution in [0.15, 0.2) is 0 Å². The number of halogens is 1. The number of amides is 1. The highest BCUT2D eigenvalue weighted by molar-refractivity contribution is 6.23. The molecule has 0 bridgehead atoms. The van der Waals surface area contributed by atoms with Gasteiger partial charge in [-0.15, -0.1) is 11.6 Å². The Balaban J connectivity index is 0.000000336. The van der Waals surface area contributed by atoms with Crippen molar-refractivity contribution >= 4 is 17.7 Å². The minimum absolute atomic E-state index is 0.0278. The van der Waals surface area contributed by atoms with Gasteiger partial charge in [-0.3, -0.25) is 0 Å². The maximum atomic E-state index is 10.5. The summed E-state index contributed by atoms with van der Waals surface area (Å²) in [4.78, 5) is 11.9. The molecule has 0 unspecified atom stereocenters. The molecule has 5 heteroatoms. The number of hydrogen-bond donors (Lipinski definition) is 2. The molecule has 15 heavy (non-hydrogen) atoms. The van der Waals surface area contributed by atoms with Gasteiger partial charge in [-0.2, -0.15) is 0 Å². The molecule has 2 N–H and O–H groups in total. The molecule has 0 aliphatic carbocycles. The summed E-state index contributed by atoms with van der Waals surface area (Å²) < 4.78 is 0. The second kappa shape index (κ2) is 6.18. The largest absolute Gasteiger partial charge is 0.465 e. The molecule has 0 aromatic rings. The van der Waals surface area contributed by atoms with Crippen molar-refractivity contribution in [3.05, 3.63) is 0 Å². The summed E-state index contributed by atoms with van der Waals surface area (Å²) in [6, 6.07) is 0.117. The Bertz CT molecular complexity index is 198. The zero-order valence-corrected chi connectivity index (χ0v) is 10.6. The van der Waals surface area contributed by atoms with E-state index in [1.165, 1.54) is 4.90 Å². The summed E-state index contributed by atoms with van der Waals surface area (Å²) in [6.07, 6.45) is -0.811. The monoisotopic (exact) mass is 236 g/mol. The van der Waals surface area contributed by atoms with Crippen molar-refractivity contribution in [2.45, 2.75) is 38.6 Å². The lowest BCUT2D eigenvalue weighted by molar-refractivity contribution is 0.117. The van der Waals surface area contributed by atoms with Crippen molar-refractivity contribution in [2.75, 3.05) is 19.6 Å². The molecular weight excluding hydrogens is 216 g/mol. The summed E-state index contributed by atoms with van der Waals surface area (Å²) in [5, 5.41) is 11.7. The number of nitrogens with one attached hydrogen (secondary N) is 1. The predicted octanol–water partition coefficient (Wildman–Crippen LogP) is 1.98. The number of alkyl halides is 1. The van der Waals surface area contributed by atoms with Gasteiger partial charge in [-0.25, -0.2) is 4.79 Å². The minimum Gasteiger partial charge on any atom is -0.465 e. The molecule has 1 atom stereocenters. The highest BCUT2D eigenvalue weighted by Gasteiger charge is 2.21. The van der Waals surface area contributed by atoms with Crippen LogP contribution in [0.2, 0.25) is 0 Å². The average molecular weight is 237 g/mol. The van der Waals surface area contributed by atoms with E-state index in [2.05, 4.69) is 5.32 Å². The first-order chi connectivity index (χ1) is 6.72. The Kier molecular flexibility index (Phi) is 5.98. The van der Waals surface area contributed by atoms with Gasteiger partial charge in [-0.1, -0.05) is 0 Å². The van der Waals surface area contributed by atoms with E-state index in [4.69, 9.17) is 16.7 Å². The van der Waals surface area contributed by atoms with Gasteiger partial charge in [0.2, 0.25) is 0 Å². The van der Waals surface area contributed by atoms with E-state index in [1.807, 2.05) is 27.7 Å². The first-order valence-electron chi connectivity index (χ1n) is 5.11. The normalized spacial score (nSPS) is 21.7. The Morgan fingerprint density at radius 3 is 2.27 bits per heavy atom. The fraction of sp³-hybridized carbons (Fsp3) is 0.900. The predicted molar refractivity (Wildman–Crippen MR) is 62.7 cm³/mol. The molecule has 0 aromatic heterocycles. The first kappa shape index (κ1) is 14.5. The fourth-order valence-electron chi connectivity index (χ4n) is 1.13. The maximum absolute atomic E-state index is 10.5. The van der Waals surface area contributed by atoms with Gasteiger partial charge in [-0.05, 0) is 27.7 Å². The van der Waals surface area contributed by atoms with Crippen LogP contribution in [0, 0.1) is 0 Å². The highest BCUT2D eigenvalue weighted by Crippen LogP contribution is 2.08. The van der Waals surface area contributed by atoms with Gasteiger partial charge in [0.1, 0.15) is 0 Å². The topological polar surface area (TPSA) is 52.6 Å². The van der Waals surface area contributed by atoms with Crippen LogP contribution in [0.4, 0.5) is 4.79 Å². The average Bonchev–Trinajstić information content (AvgIpc) is 2.01. The quantitative estimate of drug-likeness (QED) is 0.633. The smallest absolute Gasteiger partial charge is 0.407 e. The number of rotatable bonds is 0. The number of carboxylic acid groups (broad SMARTS) is 1. The van der Waals surface area contributed by atoms with Crippen molar-refractivity contribution in [1.82, 2.24) is 10.2 Å². The summed E-state index contributed by atoms with van der Waals surface area (Å²) in [7, 11) is 0. The Morgan fingerprint density at radius 2 is 2.00 bits per heavy atom. The highest BCUT2D eigenvalue weighted by atomic mass is 35.5. The second-order valence-electron chi connectivity index (χ2n) is 4.60.